The number of nitrogens with one attached hydrogen (secondary N) is 2. The predicted molar refractivity (Wildman–Crippen MR) is 115 cm³/mol. The van der Waals surface area contributed by atoms with E-state index in [0.717, 1.165) is 25.9 Å². The molecule has 0 saturated carbocycles. The summed E-state index contributed by atoms with van der Waals surface area (Å²) in [4.78, 5) is 36.2. The van der Waals surface area contributed by atoms with E-state index in [2.05, 4.69) is 20.6 Å². The molecular formula is C20H18ClN5O2S. The first kappa shape index (κ1) is 19.4. The molecule has 29 heavy (non-hydrogen) atoms. The number of rotatable bonds is 5. The summed E-state index contributed by atoms with van der Waals surface area (Å²) in [6.07, 6.45) is 3.61. The van der Waals surface area contributed by atoms with Gasteiger partial charge in [-0.2, -0.15) is 0 Å². The highest BCUT2D eigenvalue weighted by atomic mass is 35.5. The van der Waals surface area contributed by atoms with Crippen LogP contribution in [0.5, 0.6) is 0 Å². The Kier molecular flexibility index (Phi) is 5.73. The largest absolute Gasteiger partial charge is 0.341 e. The van der Waals surface area contributed by atoms with E-state index >= 15 is 0 Å². The first-order chi connectivity index (χ1) is 14.1. The maximum absolute atomic E-state index is 12.7. The lowest BCUT2D eigenvalue weighted by Gasteiger charge is -2.16. The topological polar surface area (TPSA) is 87.2 Å². The van der Waals surface area contributed by atoms with Crippen LogP contribution >= 0.6 is 22.9 Å². The van der Waals surface area contributed by atoms with Crippen LogP contribution in [0, 0.1) is 0 Å². The van der Waals surface area contributed by atoms with Crippen molar-refractivity contribution in [1.82, 2.24) is 9.97 Å². The number of thiophene rings is 1. The van der Waals surface area contributed by atoms with Gasteiger partial charge < -0.3 is 15.5 Å². The summed E-state index contributed by atoms with van der Waals surface area (Å²) in [6, 6.07) is 10.5. The zero-order valence-electron chi connectivity index (χ0n) is 15.4. The van der Waals surface area contributed by atoms with E-state index in [-0.39, 0.29) is 16.6 Å². The van der Waals surface area contributed by atoms with E-state index in [4.69, 9.17) is 11.6 Å². The Morgan fingerprint density at radius 1 is 1.03 bits per heavy atom. The van der Waals surface area contributed by atoms with Gasteiger partial charge in [-0.3, -0.25) is 9.59 Å². The summed E-state index contributed by atoms with van der Waals surface area (Å²) in [7, 11) is 0. The number of carbonyl (C=O) groups excluding carboxylic acids is 2. The Bertz CT molecular complexity index is 1040. The van der Waals surface area contributed by atoms with Crippen molar-refractivity contribution in [3.8, 4) is 0 Å². The van der Waals surface area contributed by atoms with Crippen LogP contribution in [-0.2, 0) is 0 Å². The fourth-order valence-electron chi connectivity index (χ4n) is 3.05. The third kappa shape index (κ3) is 4.55. The van der Waals surface area contributed by atoms with Crippen LogP contribution in [0.15, 0.2) is 48.0 Å². The predicted octanol–water partition coefficient (Wildman–Crippen LogP) is 4.30. The van der Waals surface area contributed by atoms with E-state index in [0.29, 0.717) is 22.2 Å². The van der Waals surface area contributed by atoms with Crippen LogP contribution in [-0.4, -0.2) is 34.9 Å². The third-order valence-corrected chi connectivity index (χ3v) is 5.60. The quantitative estimate of drug-likeness (QED) is 0.634. The van der Waals surface area contributed by atoms with Crippen LogP contribution in [0.25, 0.3) is 0 Å². The van der Waals surface area contributed by atoms with Gasteiger partial charge in [0.25, 0.3) is 11.8 Å². The molecule has 3 aromatic rings. The second-order valence-corrected chi connectivity index (χ2v) is 7.88. The Balaban J connectivity index is 1.48. The fourth-order valence-corrected chi connectivity index (χ4v) is 3.85. The number of halogens is 1. The van der Waals surface area contributed by atoms with Crippen LogP contribution < -0.4 is 15.5 Å². The third-order valence-electron chi connectivity index (χ3n) is 4.46. The molecule has 1 aliphatic rings. The van der Waals surface area contributed by atoms with E-state index in [1.54, 1.807) is 30.3 Å². The second kappa shape index (κ2) is 8.59. The normalized spacial score (nSPS) is 13.3. The molecule has 0 atom stereocenters. The standard InChI is InChI=1S/C20H18ClN5O2S/c21-15-12-22-20(26-8-1-2-9-26)25-17(15)19(28)24-14-6-3-5-13(11-14)23-18(27)16-7-4-10-29-16/h3-7,10-12H,1-2,8-9H2,(H,23,27)(H,24,28). The Morgan fingerprint density at radius 2 is 1.76 bits per heavy atom. The molecule has 2 aromatic heterocycles. The van der Waals surface area contributed by atoms with E-state index in [1.807, 2.05) is 16.3 Å². The lowest BCUT2D eigenvalue weighted by Crippen LogP contribution is -2.23. The molecule has 148 valence electrons. The number of carbonyl (C=O) groups is 2. The van der Waals surface area contributed by atoms with Crippen LogP contribution in [0.2, 0.25) is 5.02 Å². The molecule has 0 spiro atoms. The minimum atomic E-state index is -0.431. The molecule has 7 nitrogen and oxygen atoms in total. The fraction of sp³-hybridized carbons (Fsp3) is 0.200. The SMILES string of the molecule is O=C(Nc1cccc(NC(=O)c2nc(N3CCCC3)ncc2Cl)c1)c1cccs1. The highest BCUT2D eigenvalue weighted by molar-refractivity contribution is 7.12. The van der Waals surface area contributed by atoms with Crippen molar-refractivity contribution in [2.45, 2.75) is 12.8 Å². The molecule has 1 saturated heterocycles. The maximum Gasteiger partial charge on any atom is 0.276 e. The summed E-state index contributed by atoms with van der Waals surface area (Å²) >= 11 is 7.52. The number of hydrogen-bond donors (Lipinski definition) is 2. The molecule has 2 N–H and O–H groups in total. The number of amides is 2. The Morgan fingerprint density at radius 3 is 2.45 bits per heavy atom. The molecule has 9 heteroatoms. The minimum Gasteiger partial charge on any atom is -0.341 e. The van der Waals surface area contributed by atoms with Gasteiger partial charge in [0.15, 0.2) is 5.69 Å². The van der Waals surface area contributed by atoms with Gasteiger partial charge in [-0.25, -0.2) is 9.97 Å². The molecule has 0 bridgehead atoms. The zero-order valence-corrected chi connectivity index (χ0v) is 17.0. The highest BCUT2D eigenvalue weighted by Gasteiger charge is 2.20. The van der Waals surface area contributed by atoms with Crippen LogP contribution in [0.3, 0.4) is 0 Å². The van der Waals surface area contributed by atoms with Crippen LogP contribution in [0.4, 0.5) is 17.3 Å². The molecule has 1 fully saturated rings. The molecule has 3 heterocycles. The summed E-state index contributed by atoms with van der Waals surface area (Å²) in [6.45, 7) is 1.74. The number of nitrogens with zero attached hydrogens (tertiary/aromatic N) is 3. The molecule has 0 radical (unpaired) electrons. The number of hydrogen-bond acceptors (Lipinski definition) is 6. The van der Waals surface area contributed by atoms with E-state index < -0.39 is 5.91 Å². The summed E-state index contributed by atoms with van der Waals surface area (Å²) < 4.78 is 0. The average Bonchev–Trinajstić information content (AvgIpc) is 3.43. The highest BCUT2D eigenvalue weighted by Crippen LogP contribution is 2.22. The van der Waals surface area contributed by atoms with Gasteiger partial charge in [-0.15, -0.1) is 11.3 Å². The van der Waals surface area contributed by atoms with Crippen molar-refractivity contribution >= 4 is 52.1 Å². The molecule has 0 aliphatic carbocycles. The van der Waals surface area contributed by atoms with Gasteiger partial charge >= 0.3 is 0 Å². The summed E-state index contributed by atoms with van der Waals surface area (Å²) in [5.74, 6) is -0.119. The molecule has 1 aliphatic heterocycles. The summed E-state index contributed by atoms with van der Waals surface area (Å²) in [5, 5.41) is 7.63. The number of anilines is 3. The van der Waals surface area contributed by atoms with E-state index in [1.165, 1.54) is 17.5 Å². The molecule has 0 unspecified atom stereocenters. The average molecular weight is 428 g/mol. The Labute approximate surface area is 176 Å². The van der Waals surface area contributed by atoms with Gasteiger partial charge in [0.05, 0.1) is 16.1 Å². The number of benzene rings is 1. The summed E-state index contributed by atoms with van der Waals surface area (Å²) in [5.41, 5.74) is 1.22. The van der Waals surface area contributed by atoms with Crippen molar-refractivity contribution in [3.63, 3.8) is 0 Å². The van der Waals surface area contributed by atoms with E-state index in [9.17, 15) is 9.59 Å². The molecule has 2 amide bonds. The first-order valence-corrected chi connectivity index (χ1v) is 10.4. The first-order valence-electron chi connectivity index (χ1n) is 9.14. The molecule has 4 rings (SSSR count). The number of aromatic nitrogens is 2. The lowest BCUT2D eigenvalue weighted by molar-refractivity contribution is 0.101. The van der Waals surface area contributed by atoms with Crippen LogP contribution in [0.1, 0.15) is 33.0 Å². The van der Waals surface area contributed by atoms with Gasteiger partial charge in [0.2, 0.25) is 5.95 Å². The lowest BCUT2D eigenvalue weighted by atomic mass is 10.2. The van der Waals surface area contributed by atoms with Gasteiger partial charge in [-0.1, -0.05) is 23.7 Å². The zero-order chi connectivity index (χ0) is 20.2. The van der Waals surface area contributed by atoms with Crippen molar-refractivity contribution in [2.24, 2.45) is 0 Å². The van der Waals surface area contributed by atoms with Crippen molar-refractivity contribution in [3.05, 3.63) is 63.6 Å². The second-order valence-electron chi connectivity index (χ2n) is 6.53. The maximum atomic E-state index is 12.7. The molecule has 1 aromatic carbocycles. The minimum absolute atomic E-state index is 0.122. The van der Waals surface area contributed by atoms with Crippen molar-refractivity contribution < 1.29 is 9.59 Å². The molecular weight excluding hydrogens is 410 g/mol. The monoisotopic (exact) mass is 427 g/mol. The van der Waals surface area contributed by atoms with Crippen molar-refractivity contribution in [2.75, 3.05) is 28.6 Å². The van der Waals surface area contributed by atoms with Crippen molar-refractivity contribution in [1.29, 1.82) is 0 Å². The smallest absolute Gasteiger partial charge is 0.276 e. The Hall–Kier alpha value is -2.97. The van der Waals surface area contributed by atoms with Gasteiger partial charge in [0, 0.05) is 24.5 Å². The van der Waals surface area contributed by atoms with Gasteiger partial charge in [0.1, 0.15) is 0 Å². The van der Waals surface area contributed by atoms with Gasteiger partial charge in [-0.05, 0) is 42.5 Å².